The minimum absolute atomic E-state index is 0.178. The normalized spacial score (nSPS) is 15.9. The van der Waals surface area contributed by atoms with Crippen LogP contribution in [0.15, 0.2) is 22.9 Å². The number of amides is 3. The van der Waals surface area contributed by atoms with Gasteiger partial charge in [0.1, 0.15) is 0 Å². The highest BCUT2D eigenvalue weighted by Gasteiger charge is 2.30. The van der Waals surface area contributed by atoms with E-state index in [0.717, 1.165) is 55.6 Å². The number of aryl methyl sites for hydroxylation is 3. The molecule has 1 atom stereocenters. The van der Waals surface area contributed by atoms with E-state index in [-0.39, 0.29) is 12.1 Å². The number of carbonyl (C=O) groups is 2. The summed E-state index contributed by atoms with van der Waals surface area (Å²) in [7, 11) is 1.46. The standard InChI is InChI=1S/C24H35N5O3S/c1-16-13-20(26-18(3)22(16)23(25)30)6-5-17(2)28-10-7-21(8-11-28)29(24(31)27-32-4)14-19-9-12-33-15-19/h9,12-13,15,17,21H,5-8,10-11,14H2,1-4H3,(H2,25,30)(H,27,31)/t17-/m1/s1. The van der Waals surface area contributed by atoms with Crippen LogP contribution in [-0.4, -0.2) is 59.0 Å². The summed E-state index contributed by atoms with van der Waals surface area (Å²) < 4.78 is 0. The molecule has 1 fully saturated rings. The fourth-order valence-electron chi connectivity index (χ4n) is 4.68. The number of pyridine rings is 1. The molecule has 1 aliphatic rings. The van der Waals surface area contributed by atoms with E-state index in [2.05, 4.69) is 33.7 Å². The maximum Gasteiger partial charge on any atom is 0.341 e. The summed E-state index contributed by atoms with van der Waals surface area (Å²) in [6.07, 6.45) is 3.68. The number of nitrogens with two attached hydrogens (primary N) is 1. The molecule has 0 bridgehead atoms. The third kappa shape index (κ3) is 6.52. The summed E-state index contributed by atoms with van der Waals surface area (Å²) in [6, 6.07) is 4.43. The number of rotatable bonds is 9. The number of hydroxylamine groups is 1. The Morgan fingerprint density at radius 2 is 2.09 bits per heavy atom. The predicted molar refractivity (Wildman–Crippen MR) is 130 cm³/mol. The van der Waals surface area contributed by atoms with Crippen LogP contribution in [0.25, 0.3) is 0 Å². The van der Waals surface area contributed by atoms with Crippen LogP contribution in [0, 0.1) is 13.8 Å². The van der Waals surface area contributed by atoms with Gasteiger partial charge in [-0.1, -0.05) is 0 Å². The number of hydrogen-bond donors (Lipinski definition) is 2. The lowest BCUT2D eigenvalue weighted by Gasteiger charge is -2.40. The molecule has 3 heterocycles. The van der Waals surface area contributed by atoms with Gasteiger partial charge in [-0.15, -0.1) is 0 Å². The van der Waals surface area contributed by atoms with Gasteiger partial charge in [0.2, 0.25) is 0 Å². The largest absolute Gasteiger partial charge is 0.366 e. The molecule has 3 rings (SSSR count). The van der Waals surface area contributed by atoms with E-state index in [1.807, 2.05) is 30.2 Å². The number of primary amides is 1. The highest BCUT2D eigenvalue weighted by molar-refractivity contribution is 7.07. The molecule has 33 heavy (non-hydrogen) atoms. The third-order valence-corrected chi connectivity index (χ3v) is 7.19. The van der Waals surface area contributed by atoms with Crippen LogP contribution in [0.1, 0.15) is 59.1 Å². The molecular weight excluding hydrogens is 438 g/mol. The van der Waals surface area contributed by atoms with E-state index in [4.69, 9.17) is 10.6 Å². The Morgan fingerprint density at radius 1 is 1.36 bits per heavy atom. The number of urea groups is 1. The maximum atomic E-state index is 12.6. The van der Waals surface area contributed by atoms with E-state index < -0.39 is 5.91 Å². The minimum atomic E-state index is -0.424. The molecule has 0 saturated carbocycles. The number of aromatic nitrogens is 1. The van der Waals surface area contributed by atoms with E-state index in [0.29, 0.717) is 23.8 Å². The number of hydrogen-bond acceptors (Lipinski definition) is 6. The number of thiophene rings is 1. The Labute approximate surface area is 200 Å². The van der Waals surface area contributed by atoms with Gasteiger partial charge in [0.15, 0.2) is 0 Å². The molecule has 2 aromatic rings. The van der Waals surface area contributed by atoms with Gasteiger partial charge in [0.05, 0.1) is 18.4 Å². The Balaban J connectivity index is 1.55. The van der Waals surface area contributed by atoms with E-state index in [1.165, 1.54) is 7.11 Å². The molecule has 2 aromatic heterocycles. The molecule has 9 heteroatoms. The Kier molecular flexibility index (Phi) is 8.82. The molecule has 0 aliphatic carbocycles. The second kappa shape index (κ2) is 11.6. The summed E-state index contributed by atoms with van der Waals surface area (Å²) >= 11 is 1.64. The second-order valence-corrected chi connectivity index (χ2v) is 9.56. The van der Waals surface area contributed by atoms with Gasteiger partial charge in [-0.2, -0.15) is 11.3 Å². The smallest absolute Gasteiger partial charge is 0.341 e. The maximum absolute atomic E-state index is 12.6. The summed E-state index contributed by atoms with van der Waals surface area (Å²) in [5.41, 5.74) is 12.2. The third-order valence-electron chi connectivity index (χ3n) is 6.46. The number of carbonyl (C=O) groups excluding carboxylic acids is 2. The molecule has 8 nitrogen and oxygen atoms in total. The van der Waals surface area contributed by atoms with Gasteiger partial charge >= 0.3 is 6.03 Å². The zero-order valence-corrected chi connectivity index (χ0v) is 20.8. The van der Waals surface area contributed by atoms with Crippen LogP contribution >= 0.6 is 11.3 Å². The SMILES string of the molecule is CONC(=O)N(Cc1ccsc1)C1CCN([C@H](C)CCc2cc(C)c(C(N)=O)c(C)n2)CC1. The zero-order valence-electron chi connectivity index (χ0n) is 20.0. The highest BCUT2D eigenvalue weighted by Crippen LogP contribution is 2.23. The topological polar surface area (TPSA) is 101 Å². The molecule has 180 valence electrons. The van der Waals surface area contributed by atoms with Crippen molar-refractivity contribution >= 4 is 23.3 Å². The van der Waals surface area contributed by atoms with Crippen molar-refractivity contribution in [1.29, 1.82) is 0 Å². The lowest BCUT2D eigenvalue weighted by atomic mass is 9.99. The van der Waals surface area contributed by atoms with Crippen molar-refractivity contribution in [2.75, 3.05) is 20.2 Å². The van der Waals surface area contributed by atoms with Gasteiger partial charge < -0.3 is 15.5 Å². The second-order valence-electron chi connectivity index (χ2n) is 8.78. The molecule has 1 saturated heterocycles. The van der Waals surface area contributed by atoms with Crippen molar-refractivity contribution in [3.05, 3.63) is 51.0 Å². The molecule has 0 aromatic carbocycles. The van der Waals surface area contributed by atoms with Crippen molar-refractivity contribution in [1.82, 2.24) is 20.3 Å². The summed E-state index contributed by atoms with van der Waals surface area (Å²) in [5.74, 6) is -0.424. The van der Waals surface area contributed by atoms with E-state index in [9.17, 15) is 9.59 Å². The summed E-state index contributed by atoms with van der Waals surface area (Å²) in [4.78, 5) is 38.1. The molecule has 0 unspecified atom stereocenters. The average molecular weight is 474 g/mol. The van der Waals surface area contributed by atoms with Crippen LogP contribution in [0.4, 0.5) is 4.79 Å². The van der Waals surface area contributed by atoms with E-state index in [1.54, 1.807) is 11.3 Å². The number of likely N-dealkylation sites (tertiary alicyclic amines) is 1. The Bertz CT molecular complexity index is 919. The van der Waals surface area contributed by atoms with Crippen LogP contribution in [0.3, 0.4) is 0 Å². The molecule has 3 amide bonds. The molecular formula is C24H35N5O3S. The van der Waals surface area contributed by atoms with Crippen LogP contribution in [0.2, 0.25) is 0 Å². The van der Waals surface area contributed by atoms with E-state index >= 15 is 0 Å². The Hall–Kier alpha value is -2.49. The van der Waals surface area contributed by atoms with Crippen molar-refractivity contribution in [3.63, 3.8) is 0 Å². The fourth-order valence-corrected chi connectivity index (χ4v) is 5.34. The average Bonchev–Trinajstić information content (AvgIpc) is 3.29. The minimum Gasteiger partial charge on any atom is -0.366 e. The first-order chi connectivity index (χ1) is 15.8. The number of nitrogens with zero attached hydrogens (tertiary/aromatic N) is 3. The van der Waals surface area contributed by atoms with Crippen molar-refractivity contribution in [3.8, 4) is 0 Å². The van der Waals surface area contributed by atoms with Crippen LogP contribution < -0.4 is 11.2 Å². The van der Waals surface area contributed by atoms with Crippen LogP contribution in [-0.2, 0) is 17.8 Å². The fraction of sp³-hybridized carbons (Fsp3) is 0.542. The van der Waals surface area contributed by atoms with Crippen LogP contribution in [0.5, 0.6) is 0 Å². The quantitative estimate of drug-likeness (QED) is 0.544. The Morgan fingerprint density at radius 3 is 2.67 bits per heavy atom. The predicted octanol–water partition coefficient (Wildman–Crippen LogP) is 3.42. The number of piperidine rings is 1. The summed E-state index contributed by atoms with van der Waals surface area (Å²) in [6.45, 7) is 8.47. The van der Waals surface area contributed by atoms with Gasteiger partial charge in [0.25, 0.3) is 5.91 Å². The highest BCUT2D eigenvalue weighted by atomic mass is 32.1. The van der Waals surface area contributed by atoms with Gasteiger partial charge in [-0.3, -0.25) is 14.6 Å². The zero-order chi connectivity index (χ0) is 24.0. The lowest BCUT2D eigenvalue weighted by molar-refractivity contribution is 0.0565. The first-order valence-electron chi connectivity index (χ1n) is 11.4. The first kappa shape index (κ1) is 25.1. The monoisotopic (exact) mass is 473 g/mol. The molecule has 0 spiro atoms. The molecule has 0 radical (unpaired) electrons. The summed E-state index contributed by atoms with van der Waals surface area (Å²) in [5, 5.41) is 4.11. The number of nitrogens with one attached hydrogen (secondary N) is 1. The van der Waals surface area contributed by atoms with Crippen molar-refractivity contribution in [2.24, 2.45) is 5.73 Å². The van der Waals surface area contributed by atoms with Crippen molar-refractivity contribution in [2.45, 2.75) is 65.1 Å². The molecule has 3 N–H and O–H groups in total. The van der Waals surface area contributed by atoms with Gasteiger partial charge in [0, 0.05) is 37.4 Å². The lowest BCUT2D eigenvalue weighted by Crippen LogP contribution is -2.51. The molecule has 1 aliphatic heterocycles. The van der Waals surface area contributed by atoms with Gasteiger partial charge in [-0.25, -0.2) is 10.3 Å². The van der Waals surface area contributed by atoms with Crippen molar-refractivity contribution < 1.29 is 14.4 Å². The van der Waals surface area contributed by atoms with Gasteiger partial charge in [-0.05, 0) is 80.5 Å². The first-order valence-corrected chi connectivity index (χ1v) is 12.4.